The summed E-state index contributed by atoms with van der Waals surface area (Å²) in [5.74, 6) is 0.634. The van der Waals surface area contributed by atoms with Crippen molar-refractivity contribution in [2.75, 3.05) is 12.4 Å². The maximum Gasteiger partial charge on any atom is 0.103 e. The highest BCUT2D eigenvalue weighted by Gasteiger charge is 1.95. The van der Waals surface area contributed by atoms with Crippen molar-refractivity contribution in [2.24, 2.45) is 5.73 Å². The van der Waals surface area contributed by atoms with Gasteiger partial charge in [-0.3, -0.25) is 0 Å². The summed E-state index contributed by atoms with van der Waals surface area (Å²) in [4.78, 5) is 0. The van der Waals surface area contributed by atoms with Gasteiger partial charge in [0.05, 0.1) is 6.26 Å². The lowest BCUT2D eigenvalue weighted by atomic mass is 10.3. The number of nitrogens with two attached hydrogens (primary N) is 1. The Morgan fingerprint density at radius 3 is 2.60 bits per heavy atom. The topological polar surface area (TPSA) is 35.2 Å². The van der Waals surface area contributed by atoms with Gasteiger partial charge >= 0.3 is 0 Å². The number of hydrogen-bond donors (Lipinski definition) is 2. The van der Waals surface area contributed by atoms with Gasteiger partial charge in [0, 0.05) is 11.8 Å². The number of allylic oxidation sites excluding steroid dienone is 4. The molecular formula is C12H23NOS. The molecule has 0 aromatic heterocycles. The Bertz CT molecular complexity index is 200. The van der Waals surface area contributed by atoms with Gasteiger partial charge in [-0.1, -0.05) is 38.2 Å². The fourth-order valence-corrected chi connectivity index (χ4v) is 0.652. The van der Waals surface area contributed by atoms with E-state index in [2.05, 4.69) is 19.2 Å². The van der Waals surface area contributed by atoms with Crippen molar-refractivity contribution in [2.45, 2.75) is 26.8 Å². The first-order valence-electron chi connectivity index (χ1n) is 5.14. The summed E-state index contributed by atoms with van der Waals surface area (Å²) in [6, 6.07) is -0.00235. The molecule has 2 nitrogen and oxygen atoms in total. The van der Waals surface area contributed by atoms with E-state index in [1.165, 1.54) is 0 Å². The van der Waals surface area contributed by atoms with Crippen LogP contribution in [0.3, 0.4) is 0 Å². The predicted molar refractivity (Wildman–Crippen MR) is 72.2 cm³/mol. The monoisotopic (exact) mass is 229 g/mol. The third kappa shape index (κ3) is 13.3. The summed E-state index contributed by atoms with van der Waals surface area (Å²) in [6.45, 7) is 10.1. The molecule has 88 valence electrons. The van der Waals surface area contributed by atoms with Crippen LogP contribution in [0.15, 0.2) is 36.6 Å². The number of ether oxygens (including phenoxy) is 1. The van der Waals surface area contributed by atoms with Crippen molar-refractivity contribution >= 4 is 12.6 Å². The van der Waals surface area contributed by atoms with E-state index in [0.29, 0.717) is 12.4 Å². The molecule has 0 fully saturated rings. The zero-order chi connectivity index (χ0) is 12.1. The predicted octanol–water partition coefficient (Wildman–Crippen LogP) is 2.93. The van der Waals surface area contributed by atoms with Gasteiger partial charge in [-0.2, -0.15) is 12.6 Å². The zero-order valence-corrected chi connectivity index (χ0v) is 10.8. The molecule has 0 heterocycles. The van der Waals surface area contributed by atoms with E-state index in [-0.39, 0.29) is 6.04 Å². The molecule has 1 atom stereocenters. The van der Waals surface area contributed by atoms with Crippen molar-refractivity contribution in [3.05, 3.63) is 36.6 Å². The molecule has 0 aromatic rings. The minimum absolute atomic E-state index is 0.00235. The van der Waals surface area contributed by atoms with Crippen LogP contribution in [0.25, 0.3) is 0 Å². The van der Waals surface area contributed by atoms with Crippen molar-refractivity contribution in [3.63, 3.8) is 0 Å². The Morgan fingerprint density at radius 1 is 1.53 bits per heavy atom. The fraction of sp³-hybridized carbons (Fsp3) is 0.500. The molecule has 3 heteroatoms. The molecule has 0 bridgehead atoms. The van der Waals surface area contributed by atoms with Crippen LogP contribution in [-0.4, -0.2) is 18.4 Å². The van der Waals surface area contributed by atoms with E-state index >= 15 is 0 Å². The molecule has 0 saturated carbocycles. The smallest absolute Gasteiger partial charge is 0.103 e. The van der Waals surface area contributed by atoms with Gasteiger partial charge in [0.15, 0.2) is 0 Å². The minimum Gasteiger partial charge on any atom is -0.500 e. The number of rotatable bonds is 6. The quantitative estimate of drug-likeness (QED) is 0.417. The molecule has 1 unspecified atom stereocenters. The van der Waals surface area contributed by atoms with Crippen LogP contribution in [-0.2, 0) is 4.74 Å². The first kappa shape index (κ1) is 16.7. The van der Waals surface area contributed by atoms with Gasteiger partial charge in [-0.15, -0.1) is 0 Å². The van der Waals surface area contributed by atoms with Crippen LogP contribution >= 0.6 is 12.6 Å². The molecule has 0 saturated heterocycles. The lowest BCUT2D eigenvalue weighted by Crippen LogP contribution is -2.26. The molecule has 0 aliphatic rings. The van der Waals surface area contributed by atoms with E-state index in [1.54, 1.807) is 12.3 Å². The number of hydrogen-bond acceptors (Lipinski definition) is 3. The van der Waals surface area contributed by atoms with Gasteiger partial charge in [0.25, 0.3) is 0 Å². The highest BCUT2D eigenvalue weighted by atomic mass is 32.1. The van der Waals surface area contributed by atoms with Crippen LogP contribution < -0.4 is 5.73 Å². The van der Waals surface area contributed by atoms with Crippen LogP contribution in [0.4, 0.5) is 0 Å². The second-order valence-corrected chi connectivity index (χ2v) is 3.08. The third-order valence-electron chi connectivity index (χ3n) is 1.40. The molecular weight excluding hydrogens is 206 g/mol. The van der Waals surface area contributed by atoms with E-state index < -0.39 is 0 Å². The molecule has 0 amide bonds. The van der Waals surface area contributed by atoms with Crippen LogP contribution in [0.5, 0.6) is 0 Å². The van der Waals surface area contributed by atoms with Crippen LogP contribution in [0.2, 0.25) is 0 Å². The Balaban J connectivity index is 0. The second-order valence-electron chi connectivity index (χ2n) is 2.72. The summed E-state index contributed by atoms with van der Waals surface area (Å²) >= 11 is 4.03. The molecule has 15 heavy (non-hydrogen) atoms. The molecule has 0 aromatic carbocycles. The van der Waals surface area contributed by atoms with E-state index in [4.69, 9.17) is 10.5 Å². The maximum absolute atomic E-state index is 5.57. The lowest BCUT2D eigenvalue weighted by Gasteiger charge is -2.05. The van der Waals surface area contributed by atoms with Crippen molar-refractivity contribution in [3.8, 4) is 0 Å². The van der Waals surface area contributed by atoms with Crippen molar-refractivity contribution in [1.29, 1.82) is 0 Å². The maximum atomic E-state index is 5.57. The van der Waals surface area contributed by atoms with Crippen molar-refractivity contribution in [1.82, 2.24) is 0 Å². The second kappa shape index (κ2) is 13.3. The molecule has 0 rings (SSSR count). The SMILES string of the molecule is C=C/C(C)=C\C=C\OCC(N)CS.CC. The molecule has 0 radical (unpaired) electrons. The van der Waals surface area contributed by atoms with Crippen LogP contribution in [0, 0.1) is 0 Å². The molecule has 0 aliphatic carbocycles. The van der Waals surface area contributed by atoms with E-state index in [9.17, 15) is 0 Å². The zero-order valence-electron chi connectivity index (χ0n) is 9.94. The summed E-state index contributed by atoms with van der Waals surface area (Å²) < 4.78 is 5.15. The van der Waals surface area contributed by atoms with Gasteiger partial charge in [0.1, 0.15) is 6.61 Å². The first-order valence-corrected chi connectivity index (χ1v) is 5.78. The Kier molecular flexibility index (Phi) is 14.9. The molecule has 0 aliphatic heterocycles. The van der Waals surface area contributed by atoms with Gasteiger partial charge in [0.2, 0.25) is 0 Å². The van der Waals surface area contributed by atoms with Crippen molar-refractivity contribution < 1.29 is 4.74 Å². The minimum atomic E-state index is -0.00235. The molecule has 2 N–H and O–H groups in total. The Labute approximate surface area is 99.3 Å². The first-order chi connectivity index (χ1) is 7.20. The van der Waals surface area contributed by atoms with E-state index in [1.807, 2.05) is 32.9 Å². The van der Waals surface area contributed by atoms with Gasteiger partial charge in [-0.25, -0.2) is 0 Å². The average Bonchev–Trinajstić information content (AvgIpc) is 2.30. The summed E-state index contributed by atoms with van der Waals surface area (Å²) in [5.41, 5.74) is 6.67. The highest BCUT2D eigenvalue weighted by molar-refractivity contribution is 7.80. The molecule has 0 spiro atoms. The lowest BCUT2D eigenvalue weighted by molar-refractivity contribution is 0.234. The summed E-state index contributed by atoms with van der Waals surface area (Å²) in [6.07, 6.45) is 7.14. The average molecular weight is 229 g/mol. The van der Waals surface area contributed by atoms with Gasteiger partial charge < -0.3 is 10.5 Å². The number of thiol groups is 1. The largest absolute Gasteiger partial charge is 0.500 e. The normalized spacial score (nSPS) is 13.0. The standard InChI is InChI=1S/C10H17NOS.C2H6/c1-3-9(2)5-4-6-12-7-10(11)8-13;1-2/h3-6,10,13H,1,7-8,11H2,2H3;1-2H3/b6-4+,9-5-;. The summed E-state index contributed by atoms with van der Waals surface area (Å²) in [7, 11) is 0. The Morgan fingerprint density at radius 2 is 2.13 bits per heavy atom. The van der Waals surface area contributed by atoms with E-state index in [0.717, 1.165) is 5.57 Å². The van der Waals surface area contributed by atoms with Gasteiger partial charge in [-0.05, 0) is 13.0 Å². The van der Waals surface area contributed by atoms with Crippen LogP contribution in [0.1, 0.15) is 20.8 Å². The fourth-order valence-electron chi connectivity index (χ4n) is 0.547. The highest BCUT2D eigenvalue weighted by Crippen LogP contribution is 1.93. The summed E-state index contributed by atoms with van der Waals surface area (Å²) in [5, 5.41) is 0. The Hall–Kier alpha value is -0.670. The third-order valence-corrected chi connectivity index (χ3v) is 1.87.